The Kier molecular flexibility index (Phi) is 17.9. The molecule has 14 nitrogen and oxygen atoms in total. The number of benzene rings is 1. The van der Waals surface area contributed by atoms with Crippen molar-refractivity contribution in [1.29, 1.82) is 0 Å². The number of aliphatic carboxylic acids is 3. The van der Waals surface area contributed by atoms with Gasteiger partial charge in [-0.1, -0.05) is 36.8 Å². The molecule has 0 unspecified atom stereocenters. The molecule has 0 aliphatic heterocycles. The van der Waals surface area contributed by atoms with Crippen molar-refractivity contribution >= 4 is 35.7 Å². The number of unbranched alkanes of at least 4 members (excludes halogenated alkanes) is 2. The fourth-order valence-corrected chi connectivity index (χ4v) is 3.67. The Labute approximate surface area is 250 Å². The molecule has 0 spiro atoms. The minimum atomic E-state index is -1.44. The average molecular weight is 611 g/mol. The standard InChI is InChI=1S/C29H42N2O12/c1-29(19-41-16-13-24(34)35,20-42-17-14-25(36)37)28(40)31-22(11-12-23(32)33)27(39)30-15-7-3-6-10-26(38)43-18-21-8-4-2-5-9-21/h2,4-5,8-9,22H,3,6-7,10-20H2,1H3,(H,30,39)(H,31,40)(H,32,33)(H,34,35)(H,36,37)/t22-/m0/s1. The minimum Gasteiger partial charge on any atom is -0.481 e. The second-order valence-corrected chi connectivity index (χ2v) is 10.2. The lowest BCUT2D eigenvalue weighted by molar-refractivity contribution is -0.145. The summed E-state index contributed by atoms with van der Waals surface area (Å²) in [6.07, 6.45) is 0.702. The molecule has 0 saturated carbocycles. The highest BCUT2D eigenvalue weighted by molar-refractivity contribution is 5.90. The number of nitrogens with one attached hydrogen (secondary N) is 2. The summed E-state index contributed by atoms with van der Waals surface area (Å²) < 4.78 is 15.9. The molecule has 1 rings (SSSR count). The third-order valence-corrected chi connectivity index (χ3v) is 6.18. The van der Waals surface area contributed by atoms with Gasteiger partial charge in [0.05, 0.1) is 44.7 Å². The summed E-state index contributed by atoms with van der Waals surface area (Å²) in [4.78, 5) is 70.7. The van der Waals surface area contributed by atoms with Crippen molar-refractivity contribution < 1.29 is 58.3 Å². The van der Waals surface area contributed by atoms with Gasteiger partial charge in [0.15, 0.2) is 0 Å². The number of carbonyl (C=O) groups excluding carboxylic acids is 3. The number of ether oxygens (including phenoxy) is 3. The van der Waals surface area contributed by atoms with Crippen LogP contribution in [0.1, 0.15) is 63.9 Å². The van der Waals surface area contributed by atoms with Crippen LogP contribution in [-0.2, 0) is 49.6 Å². The molecule has 1 atom stereocenters. The molecule has 14 heteroatoms. The molecule has 0 bridgehead atoms. The zero-order valence-electron chi connectivity index (χ0n) is 24.4. The van der Waals surface area contributed by atoms with E-state index in [-0.39, 0.29) is 71.2 Å². The van der Waals surface area contributed by atoms with Crippen LogP contribution in [0, 0.1) is 5.41 Å². The molecule has 2 amide bonds. The van der Waals surface area contributed by atoms with Gasteiger partial charge in [0, 0.05) is 19.4 Å². The quantitative estimate of drug-likeness (QED) is 0.0836. The van der Waals surface area contributed by atoms with E-state index in [1.807, 2.05) is 30.3 Å². The van der Waals surface area contributed by atoms with E-state index in [2.05, 4.69) is 10.6 Å². The lowest BCUT2D eigenvalue weighted by Gasteiger charge is -2.30. The van der Waals surface area contributed by atoms with Crippen molar-refractivity contribution in [2.24, 2.45) is 5.41 Å². The van der Waals surface area contributed by atoms with E-state index in [9.17, 15) is 28.8 Å². The highest BCUT2D eigenvalue weighted by atomic mass is 16.5. The van der Waals surface area contributed by atoms with Gasteiger partial charge in [-0.15, -0.1) is 0 Å². The van der Waals surface area contributed by atoms with Crippen LogP contribution in [0.5, 0.6) is 0 Å². The Hall–Kier alpha value is -4.04. The fraction of sp³-hybridized carbons (Fsp3) is 0.586. The maximum absolute atomic E-state index is 13.2. The molecule has 0 radical (unpaired) electrons. The Balaban J connectivity index is 2.61. The van der Waals surface area contributed by atoms with Gasteiger partial charge in [-0.3, -0.25) is 28.8 Å². The van der Waals surface area contributed by atoms with Crippen LogP contribution < -0.4 is 10.6 Å². The number of esters is 1. The van der Waals surface area contributed by atoms with Crippen molar-refractivity contribution in [3.63, 3.8) is 0 Å². The SMILES string of the molecule is CC(COCCC(=O)O)(COCCC(=O)O)C(=O)N[C@@H](CCC(=O)O)C(=O)NCCCCCC(=O)OCc1ccccc1. The van der Waals surface area contributed by atoms with Gasteiger partial charge < -0.3 is 40.2 Å². The zero-order valence-corrected chi connectivity index (χ0v) is 24.4. The van der Waals surface area contributed by atoms with Crippen LogP contribution in [0.3, 0.4) is 0 Å². The van der Waals surface area contributed by atoms with Gasteiger partial charge in [-0.05, 0) is 31.7 Å². The Bertz CT molecular complexity index is 1030. The molecule has 240 valence electrons. The predicted molar refractivity (Wildman–Crippen MR) is 151 cm³/mol. The second-order valence-electron chi connectivity index (χ2n) is 10.2. The maximum Gasteiger partial charge on any atom is 0.306 e. The number of hydrogen-bond donors (Lipinski definition) is 5. The van der Waals surface area contributed by atoms with E-state index < -0.39 is 47.6 Å². The number of rotatable bonds is 24. The van der Waals surface area contributed by atoms with Crippen LogP contribution in [0.2, 0.25) is 0 Å². The lowest BCUT2D eigenvalue weighted by atomic mass is 9.90. The molecule has 5 N–H and O–H groups in total. The van der Waals surface area contributed by atoms with Crippen molar-refractivity contribution in [3.05, 3.63) is 35.9 Å². The van der Waals surface area contributed by atoms with Crippen LogP contribution >= 0.6 is 0 Å². The van der Waals surface area contributed by atoms with Crippen molar-refractivity contribution in [1.82, 2.24) is 10.6 Å². The first-order valence-corrected chi connectivity index (χ1v) is 14.0. The first-order chi connectivity index (χ1) is 20.4. The fourth-order valence-electron chi connectivity index (χ4n) is 3.67. The third-order valence-electron chi connectivity index (χ3n) is 6.18. The van der Waals surface area contributed by atoms with Gasteiger partial charge in [-0.2, -0.15) is 0 Å². The molecule has 0 aliphatic carbocycles. The monoisotopic (exact) mass is 610 g/mol. The number of carboxylic acids is 3. The van der Waals surface area contributed by atoms with Crippen LogP contribution in [0.4, 0.5) is 0 Å². The van der Waals surface area contributed by atoms with Crippen LogP contribution in [-0.4, -0.2) is 90.0 Å². The summed E-state index contributed by atoms with van der Waals surface area (Å²) in [5.41, 5.74) is -0.548. The maximum atomic E-state index is 13.2. The largest absolute Gasteiger partial charge is 0.481 e. The Morgan fingerprint density at radius 2 is 1.37 bits per heavy atom. The molecule has 0 fully saturated rings. The molecular formula is C29H42N2O12. The number of carboxylic acid groups (broad SMARTS) is 3. The van der Waals surface area contributed by atoms with Gasteiger partial charge in [-0.25, -0.2) is 0 Å². The number of hydrogen-bond acceptors (Lipinski definition) is 9. The van der Waals surface area contributed by atoms with E-state index in [0.717, 1.165) is 5.56 Å². The molecule has 0 heterocycles. The second kappa shape index (κ2) is 20.8. The van der Waals surface area contributed by atoms with Crippen molar-refractivity contribution in [3.8, 4) is 0 Å². The topological polar surface area (TPSA) is 215 Å². The molecular weight excluding hydrogens is 568 g/mol. The molecule has 1 aromatic carbocycles. The molecule has 0 aliphatic rings. The van der Waals surface area contributed by atoms with Gasteiger partial charge in [0.2, 0.25) is 11.8 Å². The summed E-state index contributed by atoms with van der Waals surface area (Å²) in [5.74, 6) is -5.00. The number of carbonyl (C=O) groups is 6. The van der Waals surface area contributed by atoms with E-state index in [0.29, 0.717) is 19.3 Å². The summed E-state index contributed by atoms with van der Waals surface area (Å²) >= 11 is 0. The predicted octanol–water partition coefficient (Wildman–Crippen LogP) is 1.74. The normalized spacial score (nSPS) is 11.7. The lowest BCUT2D eigenvalue weighted by Crippen LogP contribution is -2.53. The summed E-state index contributed by atoms with van der Waals surface area (Å²) in [6, 6.07) is 8.09. The van der Waals surface area contributed by atoms with Gasteiger partial charge in [0.25, 0.3) is 0 Å². The highest BCUT2D eigenvalue weighted by Gasteiger charge is 2.37. The highest BCUT2D eigenvalue weighted by Crippen LogP contribution is 2.20. The van der Waals surface area contributed by atoms with Crippen molar-refractivity contribution in [2.75, 3.05) is 33.0 Å². The minimum absolute atomic E-state index is 0.193. The molecule has 1 aromatic rings. The zero-order chi connectivity index (χ0) is 32.1. The summed E-state index contributed by atoms with van der Waals surface area (Å²) in [5, 5.41) is 32.0. The third kappa shape index (κ3) is 17.5. The first-order valence-electron chi connectivity index (χ1n) is 14.0. The number of amides is 2. The van der Waals surface area contributed by atoms with E-state index in [1.165, 1.54) is 6.92 Å². The summed E-state index contributed by atoms with van der Waals surface area (Å²) in [6.45, 7) is 0.899. The average Bonchev–Trinajstić information content (AvgIpc) is 2.96. The Morgan fingerprint density at radius 3 is 1.93 bits per heavy atom. The smallest absolute Gasteiger partial charge is 0.306 e. The van der Waals surface area contributed by atoms with Crippen LogP contribution in [0.15, 0.2) is 30.3 Å². The van der Waals surface area contributed by atoms with E-state index in [1.54, 1.807) is 0 Å². The van der Waals surface area contributed by atoms with Gasteiger partial charge >= 0.3 is 23.9 Å². The van der Waals surface area contributed by atoms with E-state index >= 15 is 0 Å². The van der Waals surface area contributed by atoms with Crippen LogP contribution in [0.25, 0.3) is 0 Å². The van der Waals surface area contributed by atoms with E-state index in [4.69, 9.17) is 29.5 Å². The molecule has 0 aromatic heterocycles. The molecule has 43 heavy (non-hydrogen) atoms. The van der Waals surface area contributed by atoms with Gasteiger partial charge in [0.1, 0.15) is 12.6 Å². The first kappa shape index (κ1) is 37.0. The Morgan fingerprint density at radius 1 is 0.791 bits per heavy atom. The van der Waals surface area contributed by atoms with Crippen molar-refractivity contribution in [2.45, 2.75) is 70.9 Å². The summed E-state index contributed by atoms with van der Waals surface area (Å²) in [7, 11) is 0. The molecule has 0 saturated heterocycles.